The van der Waals surface area contributed by atoms with Crippen LogP contribution >= 0.6 is 25.8 Å². The molecule has 5 N–H and O–H groups in total. The molecule has 0 amide bonds. The van der Waals surface area contributed by atoms with Crippen molar-refractivity contribution >= 4 is 77.7 Å². The predicted octanol–water partition coefficient (Wildman–Crippen LogP) is 2.36. The Bertz CT molecular complexity index is 2030. The summed E-state index contributed by atoms with van der Waals surface area (Å²) >= 11 is 9.44. The number of alkyl halides is 1. The molecule has 10 atom stereocenters. The first-order valence-electron chi connectivity index (χ1n) is 15.3. The van der Waals surface area contributed by atoms with Gasteiger partial charge >= 0.3 is 19.7 Å². The number of aromatic nitrogens is 8. The van der Waals surface area contributed by atoms with Crippen LogP contribution in [-0.2, 0) is 53.4 Å². The van der Waals surface area contributed by atoms with Crippen LogP contribution in [0.25, 0.3) is 22.3 Å². The van der Waals surface area contributed by atoms with E-state index in [1.165, 1.54) is 34.4 Å². The number of hydrogen-bond acceptors (Lipinski definition) is 19. The summed E-state index contributed by atoms with van der Waals surface area (Å²) in [6.07, 6.45) is -6.78. The lowest BCUT2D eigenvalue weighted by Gasteiger charge is -2.30. The molecule has 7 heterocycles. The molecule has 21 nitrogen and oxygen atoms in total. The van der Waals surface area contributed by atoms with Gasteiger partial charge in [-0.1, -0.05) is 25.6 Å². The second-order valence-corrected chi connectivity index (χ2v) is 17.1. The molecule has 4 aromatic rings. The third-order valence-corrected chi connectivity index (χ3v) is 11.3. The van der Waals surface area contributed by atoms with E-state index in [1.54, 1.807) is 0 Å². The van der Waals surface area contributed by atoms with Gasteiger partial charge in [-0.2, -0.15) is 0 Å². The zero-order valence-electron chi connectivity index (χ0n) is 26.4. The van der Waals surface area contributed by atoms with Crippen LogP contribution in [0.1, 0.15) is 32.2 Å². The van der Waals surface area contributed by atoms with Gasteiger partial charge in [0.25, 0.3) is 0 Å². The van der Waals surface area contributed by atoms with E-state index in [0.29, 0.717) is 6.42 Å². The minimum atomic E-state index is -4.43. The van der Waals surface area contributed by atoms with E-state index in [1.807, 2.05) is 6.92 Å². The zero-order chi connectivity index (χ0) is 36.1. The van der Waals surface area contributed by atoms with Crippen molar-refractivity contribution in [1.29, 1.82) is 0 Å². The molecule has 0 aromatic carbocycles. The van der Waals surface area contributed by atoms with Gasteiger partial charge in [0.15, 0.2) is 47.7 Å². The summed E-state index contributed by atoms with van der Waals surface area (Å²) in [5.74, 6) is 0.112. The number of nitrogen functional groups attached to an aromatic ring is 2. The van der Waals surface area contributed by atoms with Gasteiger partial charge in [0.2, 0.25) is 0 Å². The minimum absolute atomic E-state index is 0.0507. The van der Waals surface area contributed by atoms with Crippen molar-refractivity contribution in [2.45, 2.75) is 68.9 Å². The Hall–Kier alpha value is -3.15. The summed E-state index contributed by atoms with van der Waals surface area (Å²) in [4.78, 5) is 48.7. The molecule has 0 bridgehead atoms. The Balaban J connectivity index is 1.19. The largest absolute Gasteiger partial charge is 0.508 e. The minimum Gasteiger partial charge on any atom is -0.434 e. The van der Waals surface area contributed by atoms with E-state index in [0.717, 1.165) is 6.42 Å². The molecule has 0 saturated carbocycles. The Morgan fingerprint density at radius 3 is 2.22 bits per heavy atom. The first kappa shape index (κ1) is 36.2. The number of carbonyl (C=O) groups is 1. The third kappa shape index (κ3) is 7.27. The van der Waals surface area contributed by atoms with Crippen molar-refractivity contribution in [1.82, 2.24) is 39.0 Å². The van der Waals surface area contributed by atoms with E-state index in [2.05, 4.69) is 42.2 Å². The average Bonchev–Trinajstić information content (AvgIpc) is 3.85. The Morgan fingerprint density at radius 2 is 1.57 bits per heavy atom. The first-order valence-corrected chi connectivity index (χ1v) is 20.6. The number of ether oxygens (including phenoxy) is 4. The molecule has 3 fully saturated rings. The number of carbonyl (C=O) groups excluding carboxylic acids is 1. The normalized spacial score (nSPS) is 34.4. The number of rotatable bonds is 6. The summed E-state index contributed by atoms with van der Waals surface area (Å²) < 4.78 is 78.3. The lowest BCUT2D eigenvalue weighted by molar-refractivity contribution is -0.0623. The Morgan fingerprint density at radius 1 is 0.980 bits per heavy atom. The van der Waals surface area contributed by atoms with E-state index >= 15 is 4.39 Å². The lowest BCUT2D eigenvalue weighted by atomic mass is 10.1. The van der Waals surface area contributed by atoms with E-state index in [-0.39, 0.29) is 40.6 Å². The van der Waals surface area contributed by atoms with E-state index < -0.39 is 82.0 Å². The Kier molecular flexibility index (Phi) is 10.2. The SMILES string of the molecule is CCCCOC(=O)O[C@@H]1[C@@H]2OP(O)(=S)OC[C@H]3O[C@@H](n4cnc5c(N)ncnc54)[C@H](F)[C@@H]3OP(=O)(S)OC[C@H]2O[C@H]1n1cnc2c(N)ncnc21. The highest BCUT2D eigenvalue weighted by atomic mass is 32.7. The fraction of sp³-hybridized carbons (Fsp3) is 0.560. The van der Waals surface area contributed by atoms with Crippen LogP contribution in [0, 0.1) is 0 Å². The van der Waals surface area contributed by atoms with Gasteiger partial charge in [0, 0.05) is 0 Å². The quantitative estimate of drug-likeness (QED) is 0.0944. The number of hydrogen-bond donors (Lipinski definition) is 4. The molecule has 0 spiro atoms. The number of thiol groups is 1. The maximum atomic E-state index is 16.2. The number of anilines is 2. The molecular weight excluding hydrogens is 761 g/mol. The molecule has 7 rings (SSSR count). The number of halogens is 1. The molecule has 0 aliphatic carbocycles. The standard InChI is InChI=1S/C25H31FN10O11P2S2/c1-2-3-4-40-25(37)45-18-17-12(44-24(18)36-10-34-15-20(28)30-8-32-22(15)36)6-42-48(38,50)46-16-11(5-41-49(39,51)47-17)43-23(13(16)26)35-9-33-14-19(27)29-7-31-21(14)35/h7-13,16-18,23-24H,2-6H2,1H3,(H,38,50)(H,39,51)(H2,27,29,31)(H2,28,30,32)/t11-,12-,13-,16-,17-,18-,23-,24-,48?,49?/m1/s1. The van der Waals surface area contributed by atoms with Crippen molar-refractivity contribution in [3.8, 4) is 0 Å². The number of imidazole rings is 2. The number of nitrogens with two attached hydrogens (primary N) is 2. The fourth-order valence-corrected chi connectivity index (χ4v) is 8.68. The van der Waals surface area contributed by atoms with Crippen molar-refractivity contribution in [2.24, 2.45) is 0 Å². The van der Waals surface area contributed by atoms with E-state index in [4.69, 9.17) is 60.3 Å². The summed E-state index contributed by atoms with van der Waals surface area (Å²) in [6.45, 7) is -8.02. The van der Waals surface area contributed by atoms with Gasteiger partial charge in [-0.3, -0.25) is 22.7 Å². The molecule has 0 radical (unpaired) electrons. The summed E-state index contributed by atoms with van der Waals surface area (Å²) in [5, 5.41) is 0. The molecular formula is C25H31FN10O11P2S2. The maximum absolute atomic E-state index is 16.2. The summed E-state index contributed by atoms with van der Waals surface area (Å²) in [5.41, 5.74) is 12.6. The third-order valence-electron chi connectivity index (χ3n) is 8.14. The van der Waals surface area contributed by atoms with Crippen molar-refractivity contribution in [3.05, 3.63) is 25.3 Å². The van der Waals surface area contributed by atoms with Crippen LogP contribution in [0.4, 0.5) is 20.8 Å². The highest BCUT2D eigenvalue weighted by molar-refractivity contribution is 8.44. The average molecular weight is 793 g/mol. The molecule has 4 aromatic heterocycles. The monoisotopic (exact) mass is 792 g/mol. The Labute approximate surface area is 297 Å². The van der Waals surface area contributed by atoms with E-state index in [9.17, 15) is 14.3 Å². The van der Waals surface area contributed by atoms with Crippen LogP contribution < -0.4 is 11.5 Å². The van der Waals surface area contributed by atoms with Gasteiger partial charge in [-0.25, -0.2) is 43.7 Å². The number of nitrogens with zero attached hydrogens (tertiary/aromatic N) is 8. The molecule has 2 unspecified atom stereocenters. The lowest BCUT2D eigenvalue weighted by Crippen LogP contribution is -2.40. The smallest absolute Gasteiger partial charge is 0.434 e. The van der Waals surface area contributed by atoms with Crippen molar-refractivity contribution in [2.75, 3.05) is 31.3 Å². The predicted molar refractivity (Wildman–Crippen MR) is 178 cm³/mol. The maximum Gasteiger partial charge on any atom is 0.508 e. The van der Waals surface area contributed by atoms with Gasteiger partial charge in [-0.05, 0) is 18.2 Å². The molecule has 3 aliphatic heterocycles. The van der Waals surface area contributed by atoms with Crippen LogP contribution in [-0.4, -0.2) is 107 Å². The van der Waals surface area contributed by atoms with Gasteiger partial charge < -0.3 is 39.8 Å². The topological polar surface area (TPSA) is 267 Å². The second-order valence-electron chi connectivity index (χ2n) is 11.4. The highest BCUT2D eigenvalue weighted by Crippen LogP contribution is 2.58. The van der Waals surface area contributed by atoms with Crippen LogP contribution in [0.2, 0.25) is 0 Å². The molecule has 26 heteroatoms. The number of fused-ring (bicyclic) bond motifs is 4. The molecule has 3 aliphatic rings. The van der Waals surface area contributed by atoms with Crippen molar-refractivity contribution < 1.29 is 55.7 Å². The molecule has 3 saturated heterocycles. The fourth-order valence-electron chi connectivity index (χ4n) is 5.76. The summed E-state index contributed by atoms with van der Waals surface area (Å²) in [7, 11) is 0. The van der Waals surface area contributed by atoms with Crippen LogP contribution in [0.5, 0.6) is 0 Å². The molecule has 276 valence electrons. The van der Waals surface area contributed by atoms with Crippen LogP contribution in [0.15, 0.2) is 25.3 Å². The van der Waals surface area contributed by atoms with Crippen molar-refractivity contribution in [3.63, 3.8) is 0 Å². The van der Waals surface area contributed by atoms with Gasteiger partial charge in [0.1, 0.15) is 48.1 Å². The van der Waals surface area contributed by atoms with Crippen LogP contribution in [0.3, 0.4) is 0 Å². The zero-order valence-corrected chi connectivity index (χ0v) is 29.9. The second kappa shape index (κ2) is 14.3. The van der Waals surface area contributed by atoms with Gasteiger partial charge in [-0.15, -0.1) is 0 Å². The van der Waals surface area contributed by atoms with Gasteiger partial charge in [0.05, 0.1) is 32.5 Å². The number of unbranched alkanes of at least 4 members (excludes halogenated alkanes) is 1. The highest BCUT2D eigenvalue weighted by Gasteiger charge is 2.55. The first-order chi connectivity index (χ1) is 24.4. The summed E-state index contributed by atoms with van der Waals surface area (Å²) in [6, 6.07) is 0. The molecule has 51 heavy (non-hydrogen) atoms.